The Morgan fingerprint density at radius 2 is 0.560 bits per heavy atom. The van der Waals surface area contributed by atoms with Crippen LogP contribution in [-0.4, -0.2) is 0 Å². The van der Waals surface area contributed by atoms with Gasteiger partial charge in [0, 0.05) is 0 Å². The molecule has 10 aromatic carbocycles. The first-order valence-corrected chi connectivity index (χ1v) is 37.7. The second kappa shape index (κ2) is 50.5. The zero-order valence-electron chi connectivity index (χ0n) is 68.8. The predicted molar refractivity (Wildman–Crippen MR) is 452 cm³/mol. The molecule has 0 radical (unpaired) electrons. The molecular weight excluding hydrogens is 1200 g/mol. The largest absolute Gasteiger partial charge is 0.0654 e. The molecule has 0 saturated carbocycles. The molecule has 0 aliphatic carbocycles. The fraction of sp³-hybridized carbons (Fsp3) is 0.400. The summed E-state index contributed by atoms with van der Waals surface area (Å²) in [5.74, 6) is 2.12. The molecule has 1 atom stereocenters. The van der Waals surface area contributed by atoms with Crippen LogP contribution in [0.4, 0.5) is 0 Å². The molecule has 0 heterocycles. The summed E-state index contributed by atoms with van der Waals surface area (Å²) in [5, 5.41) is 0. The molecule has 10 aromatic rings. The van der Waals surface area contributed by atoms with Crippen molar-refractivity contribution in [1.29, 1.82) is 0 Å². The summed E-state index contributed by atoms with van der Waals surface area (Å²) in [7, 11) is 0. The van der Waals surface area contributed by atoms with Crippen LogP contribution in [0.15, 0.2) is 224 Å². The minimum absolute atomic E-state index is 0.285. The third-order valence-electron chi connectivity index (χ3n) is 17.5. The fourth-order valence-corrected chi connectivity index (χ4v) is 10.4. The summed E-state index contributed by atoms with van der Waals surface area (Å²) >= 11 is 0. The van der Waals surface area contributed by atoms with Crippen molar-refractivity contribution in [2.24, 2.45) is 5.92 Å². The number of benzene rings is 10. The minimum atomic E-state index is 0.285. The van der Waals surface area contributed by atoms with Crippen LogP contribution in [0.1, 0.15) is 249 Å². The maximum atomic E-state index is 2.27. The van der Waals surface area contributed by atoms with Gasteiger partial charge < -0.3 is 0 Å². The molecule has 0 fully saturated rings. The van der Waals surface area contributed by atoms with Crippen LogP contribution in [0.2, 0.25) is 0 Å². The lowest BCUT2D eigenvalue weighted by atomic mass is 9.87. The highest BCUT2D eigenvalue weighted by atomic mass is 14.2. The Balaban J connectivity index is 0.000000556. The topological polar surface area (TPSA) is 0 Å². The molecule has 0 amide bonds. The summed E-state index contributed by atoms with van der Waals surface area (Å²) in [6.45, 7) is 60.8. The van der Waals surface area contributed by atoms with Gasteiger partial charge in [0.25, 0.3) is 0 Å². The van der Waals surface area contributed by atoms with Gasteiger partial charge in [-0.25, -0.2) is 0 Å². The van der Waals surface area contributed by atoms with E-state index >= 15 is 0 Å². The van der Waals surface area contributed by atoms with Crippen molar-refractivity contribution < 1.29 is 0 Å². The van der Waals surface area contributed by atoms with Crippen LogP contribution in [-0.2, 0) is 31.1 Å². The van der Waals surface area contributed by atoms with Crippen LogP contribution < -0.4 is 0 Å². The summed E-state index contributed by atoms with van der Waals surface area (Å²) in [5.41, 5.74) is 32.1. The number of rotatable bonds is 11. The molecule has 0 bridgehead atoms. The van der Waals surface area contributed by atoms with E-state index in [9.17, 15) is 0 Å². The third-order valence-corrected chi connectivity index (χ3v) is 17.5. The Hall–Kier alpha value is -7.80. The van der Waals surface area contributed by atoms with Crippen molar-refractivity contribution in [3.05, 3.63) is 352 Å². The van der Waals surface area contributed by atoms with Gasteiger partial charge in [0.05, 0.1) is 0 Å². The SMILES string of the molecule is CCC(C)c1ccc(C)cc1.CCCCc1ccc(C)cc1.CCCc1ccc(C)cc1.CCc1ccc(C)cc1.Cc1cc(C)c(C)c(C)c1.Cc1cc(C)cc(C)c1.Cc1ccc(C(C)(C)C)cc1.Cc1ccc(C(C)C)cc1.Cc1ccc(C)cc1.Cc1ccc(CC(C)C)cc1. The van der Waals surface area contributed by atoms with Crippen molar-refractivity contribution in [1.82, 2.24) is 0 Å². The molecule has 0 nitrogen and oxygen atoms in total. The van der Waals surface area contributed by atoms with E-state index in [1.807, 2.05) is 0 Å². The van der Waals surface area contributed by atoms with Crippen molar-refractivity contribution in [2.45, 2.75) is 262 Å². The average molecular weight is 1340 g/mol. The highest BCUT2D eigenvalue weighted by Gasteiger charge is 2.12. The Kier molecular flexibility index (Phi) is 45.6. The van der Waals surface area contributed by atoms with Gasteiger partial charge in [-0.3, -0.25) is 0 Å². The lowest BCUT2D eigenvalue weighted by Crippen LogP contribution is -2.10. The number of aryl methyl sites for hydroxylation is 18. The van der Waals surface area contributed by atoms with Crippen LogP contribution in [0.3, 0.4) is 0 Å². The first kappa shape index (κ1) is 90.2. The molecule has 0 aromatic heterocycles. The van der Waals surface area contributed by atoms with Crippen molar-refractivity contribution in [2.75, 3.05) is 0 Å². The first-order chi connectivity index (χ1) is 47.2. The van der Waals surface area contributed by atoms with Gasteiger partial charge in [-0.2, -0.15) is 0 Å². The highest BCUT2D eigenvalue weighted by molar-refractivity contribution is 5.36. The molecule has 0 aliphatic rings. The third kappa shape index (κ3) is 43.0. The quantitative estimate of drug-likeness (QED) is 0.121. The Morgan fingerprint density at radius 3 is 0.850 bits per heavy atom. The first-order valence-electron chi connectivity index (χ1n) is 37.7. The zero-order chi connectivity index (χ0) is 75.3. The number of hydrogen-bond acceptors (Lipinski definition) is 0. The van der Waals surface area contributed by atoms with Crippen LogP contribution in [0.25, 0.3) is 0 Å². The van der Waals surface area contributed by atoms with Crippen LogP contribution in [0.5, 0.6) is 0 Å². The van der Waals surface area contributed by atoms with Gasteiger partial charge in [-0.05, 0) is 228 Å². The van der Waals surface area contributed by atoms with Gasteiger partial charge >= 0.3 is 0 Å². The highest BCUT2D eigenvalue weighted by Crippen LogP contribution is 2.23. The molecule has 0 spiro atoms. The molecule has 0 heteroatoms. The van der Waals surface area contributed by atoms with Crippen molar-refractivity contribution in [3.63, 3.8) is 0 Å². The molecule has 540 valence electrons. The minimum Gasteiger partial charge on any atom is -0.0654 e. The zero-order valence-corrected chi connectivity index (χ0v) is 68.8. The number of unbranched alkanes of at least 4 members (excludes halogenated alkanes) is 1. The van der Waals surface area contributed by atoms with E-state index in [4.69, 9.17) is 0 Å². The van der Waals surface area contributed by atoms with E-state index < -0.39 is 0 Å². The molecule has 0 saturated heterocycles. The summed E-state index contributed by atoms with van der Waals surface area (Å²) < 4.78 is 0. The van der Waals surface area contributed by atoms with E-state index in [0.29, 0.717) is 11.8 Å². The molecule has 0 aliphatic heterocycles. The standard InChI is InChI=1S/4C11H16.3C10H14.2C9H12.C8H10/c1-9-5-7-10(8-6-9)11(2,3)4;1-9(2)8-11-6-4-10(3)5-7-11;1-4-10(3)11-7-5-9(2)6-8-11;1-3-4-5-11-8-6-10(2)7-9-11;1-7-5-8(2)10(4)9(3)6-7;1-8(2)10-6-4-9(3)5-7-10;1-3-4-10-7-5-9(2)6-8-10;1-7-4-8(2)6-9(3)5-7;1-3-9-6-4-8(2)5-7-9;1-7-3-5-8(2)6-4-7/h5-8H,1-4H3;4-7,9H,8H2,1-3H3;5-8,10H,4H2,1-3H3;6-9H,3-5H2,1-2H3;5-6H,1-4H3;4-8H,1-3H3;5-8H,3-4H2,1-2H3;4-6H,1-3H3;4-7H,3H2,1-2H3;3-6H,1-2H3. The average Bonchev–Trinajstić information content (AvgIpc) is 0.900. The molecule has 100 heavy (non-hydrogen) atoms. The van der Waals surface area contributed by atoms with Crippen LogP contribution in [0, 0.1) is 117 Å². The predicted octanol–water partition coefficient (Wildman–Crippen LogP) is 29.8. The monoisotopic (exact) mass is 1340 g/mol. The molecule has 0 N–H and O–H groups in total. The van der Waals surface area contributed by atoms with Gasteiger partial charge in [-0.15, -0.1) is 0 Å². The normalized spacial score (nSPS) is 10.5. The summed E-state index contributed by atoms with van der Waals surface area (Å²) in [6, 6.07) is 80.8. The lowest BCUT2D eigenvalue weighted by molar-refractivity contribution is 0.590. The second-order valence-electron chi connectivity index (χ2n) is 30.0. The molecule has 1 unspecified atom stereocenters. The maximum absolute atomic E-state index is 2.27. The summed E-state index contributed by atoms with van der Waals surface area (Å²) in [4.78, 5) is 0. The van der Waals surface area contributed by atoms with E-state index in [-0.39, 0.29) is 5.41 Å². The van der Waals surface area contributed by atoms with E-state index in [0.717, 1.165) is 12.3 Å². The van der Waals surface area contributed by atoms with E-state index in [1.54, 1.807) is 0 Å². The van der Waals surface area contributed by atoms with E-state index in [1.165, 1.54) is 173 Å². The Morgan fingerprint density at radius 1 is 0.280 bits per heavy atom. The van der Waals surface area contributed by atoms with Gasteiger partial charge in [0.15, 0.2) is 0 Å². The molecule has 10 rings (SSSR count). The Labute approximate surface area is 617 Å². The number of hydrogen-bond donors (Lipinski definition) is 0. The lowest BCUT2D eigenvalue weighted by Gasteiger charge is -2.18. The van der Waals surface area contributed by atoms with Crippen molar-refractivity contribution in [3.8, 4) is 0 Å². The van der Waals surface area contributed by atoms with Crippen molar-refractivity contribution >= 4 is 0 Å². The maximum Gasteiger partial charge on any atom is -0.0132 e. The van der Waals surface area contributed by atoms with E-state index in [2.05, 4.69) is 418 Å². The fourth-order valence-electron chi connectivity index (χ4n) is 10.4. The van der Waals surface area contributed by atoms with Gasteiger partial charge in [0.1, 0.15) is 0 Å². The summed E-state index contributed by atoms with van der Waals surface area (Å²) in [6.07, 6.45) is 9.83. The second-order valence-corrected chi connectivity index (χ2v) is 30.0. The van der Waals surface area contributed by atoms with Crippen LogP contribution >= 0.6 is 0 Å². The molecular formula is C100H140. The van der Waals surface area contributed by atoms with Gasteiger partial charge in [-0.1, -0.05) is 393 Å². The smallest absolute Gasteiger partial charge is 0.0132 e. The Bertz CT molecular complexity index is 3560. The van der Waals surface area contributed by atoms with Gasteiger partial charge in [0.2, 0.25) is 0 Å².